The van der Waals surface area contributed by atoms with E-state index in [9.17, 15) is 0 Å². The van der Waals surface area contributed by atoms with E-state index in [1.807, 2.05) is 18.2 Å². The van der Waals surface area contributed by atoms with Crippen LogP contribution >= 0.6 is 0 Å². The van der Waals surface area contributed by atoms with Crippen molar-refractivity contribution >= 4 is 0 Å². The van der Waals surface area contributed by atoms with Crippen LogP contribution in [0.1, 0.15) is 5.76 Å². The fraction of sp³-hybridized carbons (Fsp3) is 0.562. The van der Waals surface area contributed by atoms with E-state index in [1.165, 1.54) is 0 Å². The van der Waals surface area contributed by atoms with Gasteiger partial charge in [-0.3, -0.25) is 10.00 Å². The van der Waals surface area contributed by atoms with E-state index in [2.05, 4.69) is 20.4 Å². The zero-order valence-electron chi connectivity index (χ0n) is 13.1. The standard InChI is InChI=1S/C16H22N4O3/c1-2-15(14-3-4-18-19-14)23-13(1)9-20-6-8-22-16(11-20)10-17-5-7-21-12-16/h1-4,17H,5-12H2,(H,18,19)/t16-/m0/s1. The topological polar surface area (TPSA) is 75.6 Å². The number of H-pyrrole nitrogens is 1. The molecule has 0 unspecified atom stereocenters. The van der Waals surface area contributed by atoms with Crippen molar-refractivity contribution in [1.29, 1.82) is 0 Å². The lowest BCUT2D eigenvalue weighted by atomic mass is 10.0. The van der Waals surface area contributed by atoms with Gasteiger partial charge in [0.25, 0.3) is 0 Å². The fourth-order valence-electron chi connectivity index (χ4n) is 3.24. The van der Waals surface area contributed by atoms with Crippen LogP contribution in [0.5, 0.6) is 0 Å². The van der Waals surface area contributed by atoms with Gasteiger partial charge in [0, 0.05) is 32.4 Å². The van der Waals surface area contributed by atoms with Crippen molar-refractivity contribution in [2.24, 2.45) is 0 Å². The second kappa shape index (κ2) is 6.45. The molecule has 2 N–H and O–H groups in total. The molecule has 4 heterocycles. The molecule has 0 aromatic carbocycles. The third-order valence-corrected chi connectivity index (χ3v) is 4.37. The zero-order chi connectivity index (χ0) is 15.5. The van der Waals surface area contributed by atoms with Gasteiger partial charge in [-0.05, 0) is 18.2 Å². The summed E-state index contributed by atoms with van der Waals surface area (Å²) in [5.41, 5.74) is 0.657. The maximum absolute atomic E-state index is 6.05. The van der Waals surface area contributed by atoms with Gasteiger partial charge >= 0.3 is 0 Å². The van der Waals surface area contributed by atoms with Crippen molar-refractivity contribution in [2.75, 3.05) is 46.0 Å². The molecule has 0 amide bonds. The average molecular weight is 318 g/mol. The fourth-order valence-corrected chi connectivity index (χ4v) is 3.24. The molecule has 2 aliphatic heterocycles. The van der Waals surface area contributed by atoms with Crippen LogP contribution in [0.25, 0.3) is 11.5 Å². The summed E-state index contributed by atoms with van der Waals surface area (Å²) >= 11 is 0. The minimum Gasteiger partial charge on any atom is -0.458 e. The molecule has 1 spiro atoms. The Morgan fingerprint density at radius 2 is 2.26 bits per heavy atom. The molecule has 2 saturated heterocycles. The van der Waals surface area contributed by atoms with Gasteiger partial charge in [-0.15, -0.1) is 0 Å². The largest absolute Gasteiger partial charge is 0.458 e. The summed E-state index contributed by atoms with van der Waals surface area (Å²) in [5.74, 6) is 1.77. The number of hydrogen-bond donors (Lipinski definition) is 2. The number of nitrogens with one attached hydrogen (secondary N) is 2. The van der Waals surface area contributed by atoms with Crippen molar-refractivity contribution in [2.45, 2.75) is 12.1 Å². The van der Waals surface area contributed by atoms with Gasteiger partial charge in [-0.1, -0.05) is 0 Å². The second-order valence-corrected chi connectivity index (χ2v) is 6.21. The smallest absolute Gasteiger partial charge is 0.152 e. The van der Waals surface area contributed by atoms with Crippen molar-refractivity contribution in [3.05, 3.63) is 30.2 Å². The first-order chi connectivity index (χ1) is 11.3. The van der Waals surface area contributed by atoms with E-state index < -0.39 is 0 Å². The van der Waals surface area contributed by atoms with Crippen LogP contribution < -0.4 is 5.32 Å². The second-order valence-electron chi connectivity index (χ2n) is 6.21. The number of hydrogen-bond acceptors (Lipinski definition) is 6. The molecule has 0 saturated carbocycles. The quantitative estimate of drug-likeness (QED) is 0.874. The van der Waals surface area contributed by atoms with E-state index in [0.29, 0.717) is 6.61 Å². The first-order valence-corrected chi connectivity index (χ1v) is 8.06. The number of furan rings is 1. The summed E-state index contributed by atoms with van der Waals surface area (Å²) in [5, 5.41) is 10.3. The lowest BCUT2D eigenvalue weighted by molar-refractivity contribution is -0.136. The molecule has 2 fully saturated rings. The number of nitrogens with zero attached hydrogens (tertiary/aromatic N) is 2. The van der Waals surface area contributed by atoms with Crippen LogP contribution in [0.3, 0.4) is 0 Å². The Labute approximate surface area is 134 Å². The molecule has 4 rings (SSSR count). The Bertz CT molecular complexity index is 617. The normalized spacial score (nSPS) is 26.4. The summed E-state index contributed by atoms with van der Waals surface area (Å²) < 4.78 is 17.7. The van der Waals surface area contributed by atoms with Crippen molar-refractivity contribution in [3.63, 3.8) is 0 Å². The molecule has 0 radical (unpaired) electrons. The Morgan fingerprint density at radius 1 is 1.26 bits per heavy atom. The van der Waals surface area contributed by atoms with Gasteiger partial charge in [0.05, 0.1) is 26.4 Å². The number of rotatable bonds is 3. The van der Waals surface area contributed by atoms with Crippen LogP contribution in [-0.4, -0.2) is 66.7 Å². The van der Waals surface area contributed by atoms with Crippen molar-refractivity contribution in [3.8, 4) is 11.5 Å². The molecule has 2 aromatic heterocycles. The van der Waals surface area contributed by atoms with E-state index in [-0.39, 0.29) is 5.60 Å². The van der Waals surface area contributed by atoms with E-state index in [0.717, 1.165) is 63.2 Å². The summed E-state index contributed by atoms with van der Waals surface area (Å²) in [6.45, 7) is 6.36. The number of aromatic amines is 1. The molecule has 7 heteroatoms. The third-order valence-electron chi connectivity index (χ3n) is 4.37. The van der Waals surface area contributed by atoms with Gasteiger partial charge in [0.2, 0.25) is 0 Å². The zero-order valence-corrected chi connectivity index (χ0v) is 13.1. The Balaban J connectivity index is 1.42. The van der Waals surface area contributed by atoms with Gasteiger partial charge in [-0.2, -0.15) is 5.10 Å². The lowest BCUT2D eigenvalue weighted by Crippen LogP contribution is -2.57. The maximum atomic E-state index is 6.05. The molecule has 1 atom stereocenters. The molecule has 0 bridgehead atoms. The van der Waals surface area contributed by atoms with Gasteiger partial charge < -0.3 is 19.2 Å². The summed E-state index contributed by atoms with van der Waals surface area (Å²) in [7, 11) is 0. The highest BCUT2D eigenvalue weighted by atomic mass is 16.5. The van der Waals surface area contributed by atoms with Crippen LogP contribution in [0.4, 0.5) is 0 Å². The highest BCUT2D eigenvalue weighted by molar-refractivity contribution is 5.51. The summed E-state index contributed by atoms with van der Waals surface area (Å²) in [6.07, 6.45) is 1.72. The third kappa shape index (κ3) is 3.32. The van der Waals surface area contributed by atoms with Gasteiger partial charge in [0.15, 0.2) is 5.76 Å². The molecule has 7 nitrogen and oxygen atoms in total. The van der Waals surface area contributed by atoms with E-state index >= 15 is 0 Å². The maximum Gasteiger partial charge on any atom is 0.152 e. The first kappa shape index (κ1) is 14.9. The molecule has 23 heavy (non-hydrogen) atoms. The SMILES string of the molecule is c1cc(-c2ccc(CN3CCO[C@@]4(CNCCOC4)C3)o2)[nH]n1. The molecular formula is C16H22N4O3. The van der Waals surface area contributed by atoms with E-state index in [4.69, 9.17) is 13.9 Å². The Morgan fingerprint density at radius 3 is 3.17 bits per heavy atom. The van der Waals surface area contributed by atoms with Gasteiger partial charge in [0.1, 0.15) is 17.1 Å². The van der Waals surface area contributed by atoms with Crippen LogP contribution in [0, 0.1) is 0 Å². The number of morpholine rings is 1. The van der Waals surface area contributed by atoms with Crippen molar-refractivity contribution in [1.82, 2.24) is 20.4 Å². The minimum atomic E-state index is -0.243. The number of aromatic nitrogens is 2. The van der Waals surface area contributed by atoms with Crippen LogP contribution in [-0.2, 0) is 16.0 Å². The lowest BCUT2D eigenvalue weighted by Gasteiger charge is -2.41. The Hall–Kier alpha value is -1.67. The summed E-state index contributed by atoms with van der Waals surface area (Å²) in [4.78, 5) is 2.37. The van der Waals surface area contributed by atoms with Crippen LogP contribution in [0.2, 0.25) is 0 Å². The minimum absolute atomic E-state index is 0.243. The first-order valence-electron chi connectivity index (χ1n) is 8.06. The highest BCUT2D eigenvalue weighted by Crippen LogP contribution is 2.24. The summed E-state index contributed by atoms with van der Waals surface area (Å²) in [6, 6.07) is 5.91. The molecular weight excluding hydrogens is 296 g/mol. The molecule has 2 aromatic rings. The highest BCUT2D eigenvalue weighted by Gasteiger charge is 2.38. The van der Waals surface area contributed by atoms with Crippen molar-refractivity contribution < 1.29 is 13.9 Å². The Kier molecular flexibility index (Phi) is 4.17. The predicted octanol–water partition coefficient (Wildman–Crippen LogP) is 0.860. The number of ether oxygens (including phenoxy) is 2. The molecule has 0 aliphatic carbocycles. The predicted molar refractivity (Wildman–Crippen MR) is 83.9 cm³/mol. The molecule has 2 aliphatic rings. The monoisotopic (exact) mass is 318 g/mol. The molecule has 124 valence electrons. The van der Waals surface area contributed by atoms with Gasteiger partial charge in [-0.25, -0.2) is 0 Å². The average Bonchev–Trinajstić information content (AvgIpc) is 3.18. The van der Waals surface area contributed by atoms with Crippen LogP contribution in [0.15, 0.2) is 28.8 Å². The van der Waals surface area contributed by atoms with E-state index in [1.54, 1.807) is 6.20 Å².